The minimum absolute atomic E-state index is 0.0360. The summed E-state index contributed by atoms with van der Waals surface area (Å²) in [4.78, 5) is 34.4. The Morgan fingerprint density at radius 2 is 0.984 bits per heavy atom. The lowest BCUT2D eigenvalue weighted by Crippen LogP contribution is -2.15. The van der Waals surface area contributed by atoms with Crippen LogP contribution in [0.1, 0.15) is 46.2 Å². The smallest absolute Gasteiger partial charge is 0.417 e. The highest BCUT2D eigenvalue weighted by Gasteiger charge is 2.42. The van der Waals surface area contributed by atoms with Crippen molar-refractivity contribution in [3.63, 3.8) is 0 Å². The van der Waals surface area contributed by atoms with Crippen molar-refractivity contribution in [1.29, 1.82) is 0 Å². The van der Waals surface area contributed by atoms with Crippen LogP contribution in [0.3, 0.4) is 0 Å². The topological polar surface area (TPSA) is 78.9 Å². The molecule has 334 valence electrons. The number of carbonyl (C=O) groups excluding carboxylic acids is 3. The molecule has 0 unspecified atom stereocenters. The summed E-state index contributed by atoms with van der Waals surface area (Å²) in [6.07, 6.45) is -6.19. The van der Waals surface area contributed by atoms with Crippen LogP contribution in [0.4, 0.5) is 35.1 Å². The predicted octanol–water partition coefficient (Wildman–Crippen LogP) is 12.6. The molecule has 0 aliphatic rings. The van der Waals surface area contributed by atoms with Gasteiger partial charge in [-0.2, -0.15) is 26.3 Å². The van der Waals surface area contributed by atoms with Crippen LogP contribution >= 0.6 is 0 Å². The molecule has 0 atom stereocenters. The third-order valence-electron chi connectivity index (χ3n) is 10.2. The molecule has 0 N–H and O–H groups in total. The zero-order valence-corrected chi connectivity index (χ0v) is 34.6. The molecule has 0 bridgehead atoms. The van der Waals surface area contributed by atoms with Gasteiger partial charge in [-0.1, -0.05) is 92.5 Å². The maximum absolute atomic E-state index is 17.4. The Bertz CT molecular complexity index is 2540. The van der Waals surface area contributed by atoms with E-state index in [1.807, 2.05) is 0 Å². The Morgan fingerprint density at radius 3 is 1.48 bits per heavy atom. The number of hydrogen-bond donors (Lipinski definition) is 0. The van der Waals surface area contributed by atoms with E-state index >= 15 is 22.0 Å². The van der Waals surface area contributed by atoms with Crippen LogP contribution in [0.15, 0.2) is 123 Å². The standard InChI is InChI=1S/C50H42F8O6/c1-5-41(59)62-24-9-12-31-15-19-34(20-16-31)37-28-38(40(50(56,57)58)29-39(37)49(53,54)55)45-30(4)44(35-21-17-32(18-22-35)13-10-25-63-42(60)6-2)47(51)46(48(45)52)36-14-8-11-33(27-36)23-26-64-43(61)7-3/h5-8,11,14-22,27-29H,1-3,9-10,12-13,23-26H2,4H3. The van der Waals surface area contributed by atoms with Crippen LogP contribution in [-0.4, -0.2) is 37.7 Å². The van der Waals surface area contributed by atoms with E-state index < -0.39 is 75.3 Å². The molecule has 0 spiro atoms. The third-order valence-corrected chi connectivity index (χ3v) is 10.2. The van der Waals surface area contributed by atoms with Gasteiger partial charge in [0.1, 0.15) is 11.6 Å². The largest absolute Gasteiger partial charge is 0.463 e. The molecule has 6 nitrogen and oxygen atoms in total. The minimum atomic E-state index is -5.45. The number of esters is 3. The van der Waals surface area contributed by atoms with Gasteiger partial charge in [-0.3, -0.25) is 0 Å². The highest BCUT2D eigenvalue weighted by atomic mass is 19.4. The Morgan fingerprint density at radius 1 is 0.516 bits per heavy atom. The Hall–Kier alpha value is -6.83. The molecule has 64 heavy (non-hydrogen) atoms. The van der Waals surface area contributed by atoms with Crippen molar-refractivity contribution in [3.8, 4) is 44.5 Å². The number of hydrogen-bond acceptors (Lipinski definition) is 6. The molecule has 0 heterocycles. The van der Waals surface area contributed by atoms with Crippen LogP contribution in [-0.2, 0) is 60.2 Å². The van der Waals surface area contributed by atoms with E-state index in [1.165, 1.54) is 61.5 Å². The summed E-state index contributed by atoms with van der Waals surface area (Å²) in [6, 6.07) is 18.1. The lowest BCUT2D eigenvalue weighted by molar-refractivity contribution is -0.143. The average molecular weight is 891 g/mol. The zero-order valence-electron chi connectivity index (χ0n) is 34.6. The van der Waals surface area contributed by atoms with Crippen LogP contribution in [0.2, 0.25) is 0 Å². The summed E-state index contributed by atoms with van der Waals surface area (Å²) in [5.41, 5.74) is -5.56. The number of aryl methyl sites for hydroxylation is 2. The number of carbonyl (C=O) groups is 3. The molecule has 5 aromatic rings. The molecule has 0 radical (unpaired) electrons. The van der Waals surface area contributed by atoms with E-state index in [0.29, 0.717) is 42.9 Å². The predicted molar refractivity (Wildman–Crippen MR) is 227 cm³/mol. The first-order valence-corrected chi connectivity index (χ1v) is 19.9. The molecular weight excluding hydrogens is 849 g/mol. The number of alkyl halides is 6. The lowest BCUT2D eigenvalue weighted by atomic mass is 9.83. The van der Waals surface area contributed by atoms with Crippen LogP contribution in [0, 0.1) is 18.6 Å². The summed E-state index contributed by atoms with van der Waals surface area (Å²) in [5, 5.41) is 0. The molecule has 0 aliphatic heterocycles. The summed E-state index contributed by atoms with van der Waals surface area (Å²) in [7, 11) is 0. The SMILES string of the molecule is C=CC(=O)OCCCc1ccc(-c2cc(-c3c(C)c(-c4ccc(CCCOC(=O)C=C)cc4)c(F)c(-c4cccc(CCOC(=O)C=C)c4)c3F)c(C(F)(F)F)cc2C(F)(F)F)cc1. The number of rotatable bonds is 18. The zero-order chi connectivity index (χ0) is 46.8. The van der Waals surface area contributed by atoms with Crippen LogP contribution < -0.4 is 0 Å². The highest BCUT2D eigenvalue weighted by Crippen LogP contribution is 2.50. The summed E-state index contributed by atoms with van der Waals surface area (Å²) < 4.78 is 139. The fourth-order valence-electron chi connectivity index (χ4n) is 7.15. The maximum atomic E-state index is 17.4. The second-order valence-electron chi connectivity index (χ2n) is 14.5. The van der Waals surface area contributed by atoms with Crippen LogP contribution in [0.25, 0.3) is 44.5 Å². The van der Waals surface area contributed by atoms with Gasteiger partial charge >= 0.3 is 30.3 Å². The first-order valence-electron chi connectivity index (χ1n) is 19.9. The van der Waals surface area contributed by atoms with E-state index in [2.05, 4.69) is 19.7 Å². The Balaban J connectivity index is 1.73. The van der Waals surface area contributed by atoms with E-state index in [4.69, 9.17) is 14.2 Å². The molecule has 0 aliphatic carbocycles. The fraction of sp³-hybridized carbons (Fsp3) is 0.220. The van der Waals surface area contributed by atoms with E-state index in [1.54, 1.807) is 18.2 Å². The third kappa shape index (κ3) is 11.8. The number of halogens is 8. The molecular formula is C50H42F8O6. The summed E-state index contributed by atoms with van der Waals surface area (Å²) >= 11 is 0. The van der Waals surface area contributed by atoms with Gasteiger partial charge in [0, 0.05) is 35.8 Å². The maximum Gasteiger partial charge on any atom is 0.417 e. The van der Waals surface area contributed by atoms with Gasteiger partial charge in [0.2, 0.25) is 0 Å². The van der Waals surface area contributed by atoms with Gasteiger partial charge in [0.05, 0.1) is 36.5 Å². The van der Waals surface area contributed by atoms with E-state index in [0.717, 1.165) is 23.8 Å². The van der Waals surface area contributed by atoms with Crippen molar-refractivity contribution < 1.29 is 63.7 Å². The first kappa shape index (κ1) is 48.2. The quantitative estimate of drug-likeness (QED) is 0.0287. The van der Waals surface area contributed by atoms with Crippen molar-refractivity contribution in [2.75, 3.05) is 19.8 Å². The van der Waals surface area contributed by atoms with Crippen molar-refractivity contribution >= 4 is 17.9 Å². The number of benzene rings is 5. The molecule has 0 aromatic heterocycles. The van der Waals surface area contributed by atoms with Crippen molar-refractivity contribution in [1.82, 2.24) is 0 Å². The fourth-order valence-corrected chi connectivity index (χ4v) is 7.15. The summed E-state index contributed by atoms with van der Waals surface area (Å²) in [5.74, 6) is -4.54. The molecule has 0 saturated heterocycles. The molecule has 5 aromatic carbocycles. The van der Waals surface area contributed by atoms with Gasteiger partial charge in [-0.25, -0.2) is 23.2 Å². The Kier molecular flexibility index (Phi) is 15.8. The lowest BCUT2D eigenvalue weighted by Gasteiger charge is -2.24. The highest BCUT2D eigenvalue weighted by molar-refractivity contribution is 5.90. The van der Waals surface area contributed by atoms with E-state index in [-0.39, 0.29) is 60.1 Å². The summed E-state index contributed by atoms with van der Waals surface area (Å²) in [6.45, 7) is 11.2. The van der Waals surface area contributed by atoms with E-state index in [9.17, 15) is 27.6 Å². The van der Waals surface area contributed by atoms with Gasteiger partial charge in [0.25, 0.3) is 0 Å². The molecule has 5 rings (SSSR count). The number of ether oxygens (including phenoxy) is 3. The van der Waals surface area contributed by atoms with Crippen molar-refractivity contribution in [2.24, 2.45) is 0 Å². The first-order chi connectivity index (χ1) is 30.4. The molecule has 14 heteroatoms. The van der Waals surface area contributed by atoms with Gasteiger partial charge in [0.15, 0.2) is 0 Å². The van der Waals surface area contributed by atoms with Crippen LogP contribution in [0.5, 0.6) is 0 Å². The minimum Gasteiger partial charge on any atom is -0.463 e. The van der Waals surface area contributed by atoms with Gasteiger partial charge in [-0.05, 0) is 94.8 Å². The van der Waals surface area contributed by atoms with Crippen molar-refractivity contribution in [2.45, 2.75) is 51.4 Å². The second kappa shape index (κ2) is 21.0. The normalized spacial score (nSPS) is 11.5. The Labute approximate surface area is 364 Å². The molecule has 0 saturated carbocycles. The second-order valence-corrected chi connectivity index (χ2v) is 14.5. The van der Waals surface area contributed by atoms with Gasteiger partial charge in [-0.15, -0.1) is 0 Å². The molecule has 0 amide bonds. The van der Waals surface area contributed by atoms with Gasteiger partial charge < -0.3 is 14.2 Å². The monoisotopic (exact) mass is 890 g/mol. The van der Waals surface area contributed by atoms with Crippen molar-refractivity contribution in [3.05, 3.63) is 168 Å². The molecule has 0 fully saturated rings. The average Bonchev–Trinajstić information content (AvgIpc) is 3.26.